The molecule has 2 aliphatic heterocycles. The highest BCUT2D eigenvalue weighted by Crippen LogP contribution is 2.24. The normalized spacial score (nSPS) is 20.5. The number of nitrogens with one attached hydrogen (secondary N) is 1. The molecular weight excluding hydrogens is 339 g/mol. The van der Waals surface area contributed by atoms with Crippen molar-refractivity contribution in [2.75, 3.05) is 32.7 Å². The zero-order valence-electron chi connectivity index (χ0n) is 14.3. The van der Waals surface area contributed by atoms with Gasteiger partial charge in [0, 0.05) is 44.9 Å². The van der Waals surface area contributed by atoms with E-state index in [1.165, 1.54) is 6.92 Å². The van der Waals surface area contributed by atoms with Crippen molar-refractivity contribution in [1.29, 1.82) is 0 Å². The first kappa shape index (κ1) is 19.5. The van der Waals surface area contributed by atoms with E-state index in [1.54, 1.807) is 9.80 Å². The molecule has 0 spiro atoms. The highest BCUT2D eigenvalue weighted by Gasteiger charge is 2.34. The molecule has 9 heteroatoms. The molecule has 25 heavy (non-hydrogen) atoms. The van der Waals surface area contributed by atoms with Gasteiger partial charge in [0.05, 0.1) is 0 Å². The van der Waals surface area contributed by atoms with Crippen LogP contribution < -0.4 is 5.32 Å². The van der Waals surface area contributed by atoms with Gasteiger partial charge in [-0.25, -0.2) is 0 Å². The predicted molar refractivity (Wildman–Crippen MR) is 83.3 cm³/mol. The van der Waals surface area contributed by atoms with Crippen LogP contribution in [0.1, 0.15) is 32.6 Å². The number of halogens is 3. The molecule has 2 rings (SSSR count). The molecule has 0 aromatic carbocycles. The van der Waals surface area contributed by atoms with Crippen LogP contribution in [0.2, 0.25) is 0 Å². The number of piperidine rings is 2. The Morgan fingerprint density at radius 1 is 0.920 bits per heavy atom. The second-order valence-corrected chi connectivity index (χ2v) is 6.71. The fourth-order valence-electron chi connectivity index (χ4n) is 3.39. The minimum Gasteiger partial charge on any atom is -0.347 e. The van der Waals surface area contributed by atoms with Gasteiger partial charge < -0.3 is 15.1 Å². The summed E-state index contributed by atoms with van der Waals surface area (Å²) < 4.78 is 36.4. The molecule has 1 N–H and O–H groups in total. The van der Waals surface area contributed by atoms with Crippen molar-refractivity contribution in [2.45, 2.75) is 38.8 Å². The zero-order valence-corrected chi connectivity index (χ0v) is 14.3. The van der Waals surface area contributed by atoms with Gasteiger partial charge >= 0.3 is 6.18 Å². The first-order valence-corrected chi connectivity index (χ1v) is 8.56. The van der Waals surface area contributed by atoms with Gasteiger partial charge in [0.15, 0.2) is 0 Å². The van der Waals surface area contributed by atoms with Gasteiger partial charge in [0.1, 0.15) is 6.54 Å². The van der Waals surface area contributed by atoms with Crippen LogP contribution in [0.25, 0.3) is 0 Å². The van der Waals surface area contributed by atoms with Gasteiger partial charge in [-0.3, -0.25) is 14.4 Å². The Balaban J connectivity index is 1.75. The number of carbonyl (C=O) groups excluding carboxylic acids is 3. The van der Waals surface area contributed by atoms with Crippen molar-refractivity contribution >= 4 is 17.7 Å². The Kier molecular flexibility index (Phi) is 6.29. The lowest BCUT2D eigenvalue weighted by atomic mass is 9.91. The van der Waals surface area contributed by atoms with Crippen LogP contribution in [0, 0.1) is 11.8 Å². The first-order chi connectivity index (χ1) is 11.7. The number of carbonyl (C=O) groups is 3. The van der Waals surface area contributed by atoms with Gasteiger partial charge in [0.2, 0.25) is 17.7 Å². The highest BCUT2D eigenvalue weighted by atomic mass is 19.4. The number of likely N-dealkylation sites (tertiary alicyclic amines) is 2. The number of rotatable bonds is 3. The third kappa shape index (κ3) is 5.61. The second kappa shape index (κ2) is 8.05. The molecule has 3 amide bonds. The van der Waals surface area contributed by atoms with Crippen LogP contribution in [0.4, 0.5) is 13.2 Å². The maximum Gasteiger partial charge on any atom is 0.405 e. The lowest BCUT2D eigenvalue weighted by Gasteiger charge is -2.36. The Bertz CT molecular complexity index is 508. The molecule has 0 aromatic heterocycles. The summed E-state index contributed by atoms with van der Waals surface area (Å²) >= 11 is 0. The average Bonchev–Trinajstić information content (AvgIpc) is 2.58. The van der Waals surface area contributed by atoms with Crippen LogP contribution in [-0.2, 0) is 14.4 Å². The quantitative estimate of drug-likeness (QED) is 0.818. The van der Waals surface area contributed by atoms with Gasteiger partial charge in [0.25, 0.3) is 0 Å². The highest BCUT2D eigenvalue weighted by molar-refractivity contribution is 5.81. The Morgan fingerprint density at radius 3 is 1.88 bits per heavy atom. The summed E-state index contributed by atoms with van der Waals surface area (Å²) in [6.07, 6.45) is -2.40. The van der Waals surface area contributed by atoms with Crippen LogP contribution in [0.3, 0.4) is 0 Å². The van der Waals surface area contributed by atoms with Crippen molar-refractivity contribution in [3.63, 3.8) is 0 Å². The summed E-state index contributed by atoms with van der Waals surface area (Å²) in [7, 11) is 0. The van der Waals surface area contributed by atoms with Crippen LogP contribution in [0.15, 0.2) is 0 Å². The third-order valence-electron chi connectivity index (χ3n) is 4.93. The van der Waals surface area contributed by atoms with E-state index in [-0.39, 0.29) is 17.7 Å². The van der Waals surface area contributed by atoms with Crippen LogP contribution >= 0.6 is 0 Å². The molecule has 6 nitrogen and oxygen atoms in total. The topological polar surface area (TPSA) is 69.7 Å². The molecular formula is C16H24F3N3O3. The number of hydrogen-bond donors (Lipinski definition) is 1. The molecule has 0 saturated carbocycles. The SMILES string of the molecule is CC(=O)N1CCC(C(=O)N2CCC(C(=O)NCC(F)(F)F)CC2)CC1. The molecule has 0 radical (unpaired) electrons. The summed E-state index contributed by atoms with van der Waals surface area (Å²) in [6, 6.07) is 0. The molecule has 0 unspecified atom stereocenters. The van der Waals surface area contributed by atoms with Crippen molar-refractivity contribution in [1.82, 2.24) is 15.1 Å². The molecule has 142 valence electrons. The zero-order chi connectivity index (χ0) is 18.6. The van der Waals surface area contributed by atoms with Crippen LogP contribution in [-0.4, -0.2) is 66.4 Å². The van der Waals surface area contributed by atoms with Crippen molar-refractivity contribution in [3.8, 4) is 0 Å². The average molecular weight is 363 g/mol. The van der Waals surface area contributed by atoms with E-state index in [1.807, 2.05) is 5.32 Å². The first-order valence-electron chi connectivity index (χ1n) is 8.56. The second-order valence-electron chi connectivity index (χ2n) is 6.71. The largest absolute Gasteiger partial charge is 0.405 e. The molecule has 0 aliphatic carbocycles. The van der Waals surface area contributed by atoms with Crippen molar-refractivity contribution < 1.29 is 27.6 Å². The molecule has 2 aliphatic rings. The van der Waals surface area contributed by atoms with E-state index in [2.05, 4.69) is 0 Å². The number of amides is 3. The van der Waals surface area contributed by atoms with E-state index in [0.29, 0.717) is 51.9 Å². The van der Waals surface area contributed by atoms with E-state index in [9.17, 15) is 27.6 Å². The predicted octanol–water partition coefficient (Wildman–Crippen LogP) is 1.16. The summed E-state index contributed by atoms with van der Waals surface area (Å²) in [5.74, 6) is -1.16. The minimum atomic E-state index is -4.42. The number of alkyl halides is 3. The van der Waals surface area contributed by atoms with E-state index in [4.69, 9.17) is 0 Å². The third-order valence-corrected chi connectivity index (χ3v) is 4.93. The fraction of sp³-hybridized carbons (Fsp3) is 0.812. The van der Waals surface area contributed by atoms with Crippen molar-refractivity contribution in [2.24, 2.45) is 11.8 Å². The van der Waals surface area contributed by atoms with Gasteiger partial charge in [-0.1, -0.05) is 0 Å². The Labute approximate surface area is 144 Å². The van der Waals surface area contributed by atoms with E-state index >= 15 is 0 Å². The summed E-state index contributed by atoms with van der Waals surface area (Å²) in [5.41, 5.74) is 0. The fourth-order valence-corrected chi connectivity index (χ4v) is 3.39. The maximum atomic E-state index is 12.5. The molecule has 2 saturated heterocycles. The van der Waals surface area contributed by atoms with Gasteiger partial charge in [-0.2, -0.15) is 13.2 Å². The summed E-state index contributed by atoms with van der Waals surface area (Å²) in [4.78, 5) is 39.0. The van der Waals surface area contributed by atoms with E-state index in [0.717, 1.165) is 0 Å². The lowest BCUT2D eigenvalue weighted by Crippen LogP contribution is -2.48. The Morgan fingerprint density at radius 2 is 1.40 bits per heavy atom. The molecule has 0 aromatic rings. The van der Waals surface area contributed by atoms with Crippen LogP contribution in [0.5, 0.6) is 0 Å². The smallest absolute Gasteiger partial charge is 0.347 e. The number of nitrogens with zero attached hydrogens (tertiary/aromatic N) is 2. The van der Waals surface area contributed by atoms with Gasteiger partial charge in [-0.15, -0.1) is 0 Å². The summed E-state index contributed by atoms with van der Waals surface area (Å²) in [5, 5.41) is 1.91. The maximum absolute atomic E-state index is 12.5. The monoisotopic (exact) mass is 363 g/mol. The van der Waals surface area contributed by atoms with Gasteiger partial charge in [-0.05, 0) is 25.7 Å². The number of hydrogen-bond acceptors (Lipinski definition) is 3. The minimum absolute atomic E-state index is 0.0107. The standard InChI is InChI=1S/C16H24F3N3O3/c1-11(23)21-6-4-13(5-7-21)15(25)22-8-2-12(3-9-22)14(24)20-10-16(17,18)19/h12-13H,2-10H2,1H3,(H,20,24). The molecule has 2 fully saturated rings. The summed E-state index contributed by atoms with van der Waals surface area (Å²) in [6.45, 7) is 2.10. The molecule has 2 heterocycles. The Hall–Kier alpha value is -1.80. The van der Waals surface area contributed by atoms with Crippen molar-refractivity contribution in [3.05, 3.63) is 0 Å². The lowest BCUT2D eigenvalue weighted by molar-refractivity contribution is -0.145. The molecule has 0 atom stereocenters. The van der Waals surface area contributed by atoms with E-state index < -0.39 is 24.5 Å². The molecule has 0 bridgehead atoms.